The number of rotatable bonds is 6. The molecule has 0 aliphatic carbocycles. The molecular formula is C14H25N5OS. The lowest BCUT2D eigenvalue weighted by Crippen LogP contribution is -2.46. The number of aryl methyl sites for hydroxylation is 2. The molecule has 0 saturated carbocycles. The van der Waals surface area contributed by atoms with Crippen LogP contribution in [0, 0.1) is 19.3 Å². The Hall–Kier alpha value is -1.63. The standard InChI is InChI=1S/C14H25N5OS/c1-6-16-13(18-8-14(4,5)12(15)20)17-7-11-9(2)19-10(3)21-11/h6-8H2,1-5H3,(H2,15,20)(H2,16,17,18). The van der Waals surface area contributed by atoms with E-state index in [0.29, 0.717) is 19.0 Å². The summed E-state index contributed by atoms with van der Waals surface area (Å²) in [6.07, 6.45) is 0. The number of nitrogens with one attached hydrogen (secondary N) is 2. The zero-order chi connectivity index (χ0) is 16.0. The van der Waals surface area contributed by atoms with Crippen molar-refractivity contribution in [3.63, 3.8) is 0 Å². The van der Waals surface area contributed by atoms with E-state index in [9.17, 15) is 4.79 Å². The van der Waals surface area contributed by atoms with E-state index in [1.807, 2.05) is 34.6 Å². The largest absolute Gasteiger partial charge is 0.369 e. The summed E-state index contributed by atoms with van der Waals surface area (Å²) in [7, 11) is 0. The Kier molecular flexibility index (Phi) is 6.14. The number of amides is 1. The van der Waals surface area contributed by atoms with Gasteiger partial charge in [-0.2, -0.15) is 0 Å². The summed E-state index contributed by atoms with van der Waals surface area (Å²) in [5.74, 6) is 0.344. The predicted molar refractivity (Wildman–Crippen MR) is 87.4 cm³/mol. The van der Waals surface area contributed by atoms with Crippen molar-refractivity contribution >= 4 is 23.2 Å². The minimum atomic E-state index is -0.618. The number of primary amides is 1. The van der Waals surface area contributed by atoms with Crippen molar-refractivity contribution in [1.82, 2.24) is 15.6 Å². The van der Waals surface area contributed by atoms with Gasteiger partial charge in [-0.15, -0.1) is 11.3 Å². The fourth-order valence-electron chi connectivity index (χ4n) is 1.60. The molecule has 1 aromatic heterocycles. The van der Waals surface area contributed by atoms with Gasteiger partial charge in [0, 0.05) is 18.0 Å². The number of aromatic nitrogens is 1. The Morgan fingerprint density at radius 2 is 2.05 bits per heavy atom. The molecule has 0 radical (unpaired) electrons. The first-order valence-electron chi connectivity index (χ1n) is 7.01. The maximum atomic E-state index is 11.3. The van der Waals surface area contributed by atoms with Gasteiger partial charge in [0.15, 0.2) is 5.96 Å². The second-order valence-electron chi connectivity index (χ2n) is 5.54. The van der Waals surface area contributed by atoms with E-state index in [1.165, 1.54) is 0 Å². The summed E-state index contributed by atoms with van der Waals surface area (Å²) < 4.78 is 0. The summed E-state index contributed by atoms with van der Waals surface area (Å²) in [5.41, 5.74) is 5.78. The summed E-state index contributed by atoms with van der Waals surface area (Å²) in [4.78, 5) is 21.4. The molecule has 21 heavy (non-hydrogen) atoms. The van der Waals surface area contributed by atoms with Crippen LogP contribution in [0.4, 0.5) is 0 Å². The van der Waals surface area contributed by atoms with Gasteiger partial charge in [0.25, 0.3) is 0 Å². The number of carbonyl (C=O) groups is 1. The average molecular weight is 311 g/mol. The number of hydrogen-bond acceptors (Lipinski definition) is 4. The summed E-state index contributed by atoms with van der Waals surface area (Å²) >= 11 is 1.66. The van der Waals surface area contributed by atoms with Crippen molar-refractivity contribution in [1.29, 1.82) is 0 Å². The third-order valence-electron chi connectivity index (χ3n) is 3.09. The van der Waals surface area contributed by atoms with Crippen molar-refractivity contribution in [2.75, 3.05) is 13.1 Å². The van der Waals surface area contributed by atoms with E-state index >= 15 is 0 Å². The van der Waals surface area contributed by atoms with Crippen LogP contribution in [-0.4, -0.2) is 29.9 Å². The van der Waals surface area contributed by atoms with Gasteiger partial charge in [-0.05, 0) is 34.6 Å². The van der Waals surface area contributed by atoms with E-state index in [0.717, 1.165) is 22.1 Å². The van der Waals surface area contributed by atoms with Crippen LogP contribution in [0.2, 0.25) is 0 Å². The van der Waals surface area contributed by atoms with Crippen LogP contribution < -0.4 is 16.4 Å². The zero-order valence-electron chi connectivity index (χ0n) is 13.4. The van der Waals surface area contributed by atoms with Gasteiger partial charge in [0.2, 0.25) is 5.91 Å². The molecule has 0 aliphatic heterocycles. The molecule has 1 amide bonds. The third-order valence-corrected chi connectivity index (χ3v) is 4.15. The molecule has 0 unspecified atom stereocenters. The predicted octanol–water partition coefficient (Wildman–Crippen LogP) is 1.33. The van der Waals surface area contributed by atoms with E-state index in [-0.39, 0.29) is 5.91 Å². The van der Waals surface area contributed by atoms with Crippen molar-refractivity contribution in [3.05, 3.63) is 15.6 Å². The van der Waals surface area contributed by atoms with Crippen LogP contribution >= 0.6 is 11.3 Å². The van der Waals surface area contributed by atoms with Crippen molar-refractivity contribution in [2.24, 2.45) is 16.1 Å². The Labute approximate surface area is 130 Å². The molecule has 1 rings (SSSR count). The van der Waals surface area contributed by atoms with E-state index in [4.69, 9.17) is 5.73 Å². The quantitative estimate of drug-likeness (QED) is 0.546. The van der Waals surface area contributed by atoms with E-state index in [1.54, 1.807) is 11.3 Å². The second-order valence-corrected chi connectivity index (χ2v) is 6.83. The molecule has 118 valence electrons. The van der Waals surface area contributed by atoms with Crippen LogP contribution in [0.1, 0.15) is 36.3 Å². The van der Waals surface area contributed by atoms with Gasteiger partial charge < -0.3 is 16.4 Å². The molecule has 7 heteroatoms. The molecule has 0 atom stereocenters. The highest BCUT2D eigenvalue weighted by Crippen LogP contribution is 2.18. The number of thiazole rings is 1. The van der Waals surface area contributed by atoms with Gasteiger partial charge in [-0.25, -0.2) is 9.98 Å². The molecule has 4 N–H and O–H groups in total. The van der Waals surface area contributed by atoms with Gasteiger partial charge >= 0.3 is 0 Å². The lowest BCUT2D eigenvalue weighted by Gasteiger charge is -2.22. The smallest absolute Gasteiger partial charge is 0.224 e. The number of nitrogens with two attached hydrogens (primary N) is 1. The fourth-order valence-corrected chi connectivity index (χ4v) is 2.47. The summed E-state index contributed by atoms with van der Waals surface area (Å²) in [6, 6.07) is 0. The number of guanidine groups is 1. The molecular weight excluding hydrogens is 286 g/mol. The molecule has 6 nitrogen and oxygen atoms in total. The number of carbonyl (C=O) groups excluding carboxylic acids is 1. The van der Waals surface area contributed by atoms with Crippen LogP contribution in [0.3, 0.4) is 0 Å². The maximum Gasteiger partial charge on any atom is 0.224 e. The molecule has 0 aliphatic rings. The SMILES string of the molecule is CCNC(=NCc1sc(C)nc1C)NCC(C)(C)C(N)=O. The Morgan fingerprint density at radius 1 is 1.38 bits per heavy atom. The normalized spacial score (nSPS) is 12.3. The highest BCUT2D eigenvalue weighted by Gasteiger charge is 2.24. The molecule has 0 saturated heterocycles. The molecule has 1 aromatic rings. The first-order valence-corrected chi connectivity index (χ1v) is 7.83. The van der Waals surface area contributed by atoms with E-state index < -0.39 is 5.41 Å². The molecule has 0 fully saturated rings. The van der Waals surface area contributed by atoms with Crippen LogP contribution in [0.5, 0.6) is 0 Å². The van der Waals surface area contributed by atoms with Crippen LogP contribution in [0.25, 0.3) is 0 Å². The van der Waals surface area contributed by atoms with E-state index in [2.05, 4.69) is 20.6 Å². The first kappa shape index (κ1) is 17.4. The van der Waals surface area contributed by atoms with Crippen molar-refractivity contribution in [3.8, 4) is 0 Å². The van der Waals surface area contributed by atoms with Gasteiger partial charge in [0.05, 0.1) is 22.7 Å². The van der Waals surface area contributed by atoms with Gasteiger partial charge in [-0.3, -0.25) is 4.79 Å². The molecule has 0 bridgehead atoms. The Balaban J connectivity index is 2.70. The first-order chi connectivity index (χ1) is 9.76. The minimum Gasteiger partial charge on any atom is -0.369 e. The maximum absolute atomic E-state index is 11.3. The van der Waals surface area contributed by atoms with Crippen molar-refractivity contribution < 1.29 is 4.79 Å². The third kappa shape index (κ3) is 5.34. The second kappa shape index (κ2) is 7.40. The molecule has 0 aromatic carbocycles. The lowest BCUT2D eigenvalue weighted by atomic mass is 9.93. The average Bonchev–Trinajstić information content (AvgIpc) is 2.71. The summed E-state index contributed by atoms with van der Waals surface area (Å²) in [5, 5.41) is 7.37. The highest BCUT2D eigenvalue weighted by molar-refractivity contribution is 7.11. The number of aliphatic imine (C=N–C) groups is 1. The molecule has 0 spiro atoms. The molecule has 1 heterocycles. The number of hydrogen-bond donors (Lipinski definition) is 3. The summed E-state index contributed by atoms with van der Waals surface area (Å²) in [6.45, 7) is 11.4. The van der Waals surface area contributed by atoms with Gasteiger partial charge in [-0.1, -0.05) is 0 Å². The van der Waals surface area contributed by atoms with Crippen LogP contribution in [-0.2, 0) is 11.3 Å². The van der Waals surface area contributed by atoms with Crippen LogP contribution in [0.15, 0.2) is 4.99 Å². The monoisotopic (exact) mass is 311 g/mol. The Bertz CT molecular complexity index is 521. The highest BCUT2D eigenvalue weighted by atomic mass is 32.1. The topological polar surface area (TPSA) is 92.4 Å². The fraction of sp³-hybridized carbons (Fsp3) is 0.643. The van der Waals surface area contributed by atoms with Gasteiger partial charge in [0.1, 0.15) is 0 Å². The number of nitrogens with zero attached hydrogens (tertiary/aromatic N) is 2. The minimum absolute atomic E-state index is 0.334. The van der Waals surface area contributed by atoms with Crippen molar-refractivity contribution in [2.45, 2.75) is 41.2 Å². The lowest BCUT2D eigenvalue weighted by molar-refractivity contribution is -0.125. The zero-order valence-corrected chi connectivity index (χ0v) is 14.2. The Morgan fingerprint density at radius 3 is 2.52 bits per heavy atom.